The largest absolute Gasteiger partial charge is 0.397 e. The fourth-order valence-corrected chi connectivity index (χ4v) is 7.38. The number of benzene rings is 2. The normalized spacial score (nSPS) is 16.6. The molecule has 4 heterocycles. The maximum Gasteiger partial charge on any atom is 0.158 e. The van der Waals surface area contributed by atoms with E-state index in [9.17, 15) is 0 Å². The van der Waals surface area contributed by atoms with E-state index < -0.39 is 0 Å². The Kier molecular flexibility index (Phi) is 11.9. The van der Waals surface area contributed by atoms with E-state index in [-0.39, 0.29) is 11.1 Å². The maximum absolute atomic E-state index is 8.59. The summed E-state index contributed by atoms with van der Waals surface area (Å²) in [5.41, 5.74) is 39.6. The lowest BCUT2D eigenvalue weighted by molar-refractivity contribution is 0.362. The second-order valence-corrected chi connectivity index (χ2v) is 15.6. The van der Waals surface area contributed by atoms with Crippen LogP contribution < -0.4 is 38.5 Å². The van der Waals surface area contributed by atoms with Crippen molar-refractivity contribution in [3.05, 3.63) is 69.3 Å². The molecule has 18 heteroatoms. The van der Waals surface area contributed by atoms with Crippen LogP contribution in [0.3, 0.4) is 0 Å². The predicted octanol–water partition coefficient (Wildman–Crippen LogP) is 6.89. The van der Waals surface area contributed by atoms with Crippen LogP contribution in [0.5, 0.6) is 0 Å². The Bertz CT molecular complexity index is 1870. The molecule has 0 bridgehead atoms. The molecule has 0 saturated carbocycles. The van der Waals surface area contributed by atoms with Crippen molar-refractivity contribution in [3.63, 3.8) is 0 Å². The third-order valence-electron chi connectivity index (χ3n) is 8.46. The number of piperidine rings is 2. The topological polar surface area (TPSA) is 237 Å². The first kappa shape index (κ1) is 37.4. The summed E-state index contributed by atoms with van der Waals surface area (Å²) < 4.78 is 0. The zero-order valence-corrected chi connectivity index (χ0v) is 30.9. The fourth-order valence-electron chi connectivity index (χ4n) is 5.24. The highest BCUT2D eigenvalue weighted by Crippen LogP contribution is 2.40. The highest BCUT2D eigenvalue weighted by atomic mass is 35.5. The van der Waals surface area contributed by atoms with Gasteiger partial charge in [-0.3, -0.25) is 0 Å². The summed E-state index contributed by atoms with van der Waals surface area (Å²) in [5, 5.41) is 5.60. The highest BCUT2D eigenvalue weighted by molar-refractivity contribution is 7.99. The lowest BCUT2D eigenvalue weighted by Gasteiger charge is -2.37. The Morgan fingerprint density at radius 2 is 1.18 bits per heavy atom. The van der Waals surface area contributed by atoms with Crippen LogP contribution in [0, 0.1) is 0 Å². The highest BCUT2D eigenvalue weighted by Gasteiger charge is 2.28. The van der Waals surface area contributed by atoms with Crippen molar-refractivity contribution >= 4 is 81.4 Å². The summed E-state index contributed by atoms with van der Waals surface area (Å²) in [6.07, 6.45) is 7.09. The SMILES string of the molecule is CC1(N)CCN(c2cnc(Sc3cccc(N)c3Cl)c(N)n2)CC1.CC1(N)CCN(c2cnc(Sc3cccc(N=[N+]=[N-])c3Cl)c(N)n2)CC1. The molecular weight excluding hydrogens is 715 g/mol. The number of hydrogen-bond acceptors (Lipinski definition) is 14. The quantitative estimate of drug-likeness (QED) is 0.0560. The van der Waals surface area contributed by atoms with Gasteiger partial charge in [0.05, 0.1) is 33.8 Å². The zero-order valence-electron chi connectivity index (χ0n) is 27.8. The molecule has 50 heavy (non-hydrogen) atoms. The molecule has 10 N–H and O–H groups in total. The van der Waals surface area contributed by atoms with Crippen LogP contribution in [-0.2, 0) is 0 Å². The van der Waals surface area contributed by atoms with Crippen molar-refractivity contribution in [1.82, 2.24) is 19.9 Å². The molecule has 2 aliphatic rings. The smallest absolute Gasteiger partial charge is 0.158 e. The van der Waals surface area contributed by atoms with Gasteiger partial charge in [-0.1, -0.05) is 70.0 Å². The summed E-state index contributed by atoms with van der Waals surface area (Å²) in [7, 11) is 0. The van der Waals surface area contributed by atoms with E-state index >= 15 is 0 Å². The van der Waals surface area contributed by atoms with Gasteiger partial charge in [-0.25, -0.2) is 19.9 Å². The molecule has 0 atom stereocenters. The van der Waals surface area contributed by atoms with E-state index in [1.165, 1.54) is 23.5 Å². The number of nitrogen functional groups attached to an aromatic ring is 3. The van der Waals surface area contributed by atoms with Crippen LogP contribution in [-0.4, -0.2) is 57.2 Å². The van der Waals surface area contributed by atoms with Crippen LogP contribution >= 0.6 is 46.7 Å². The molecule has 0 amide bonds. The summed E-state index contributed by atoms with van der Waals surface area (Å²) in [4.78, 5) is 26.5. The van der Waals surface area contributed by atoms with Crippen LogP contribution in [0.15, 0.2) is 73.7 Å². The summed E-state index contributed by atoms with van der Waals surface area (Å²) in [6.45, 7) is 7.52. The second-order valence-electron chi connectivity index (χ2n) is 12.8. The van der Waals surface area contributed by atoms with Crippen LogP contribution in [0.2, 0.25) is 10.0 Å². The number of anilines is 5. The molecule has 14 nitrogen and oxygen atoms in total. The molecule has 2 aromatic carbocycles. The Labute approximate surface area is 309 Å². The molecule has 0 spiro atoms. The van der Waals surface area contributed by atoms with Crippen molar-refractivity contribution in [1.29, 1.82) is 0 Å². The lowest BCUT2D eigenvalue weighted by Crippen LogP contribution is -2.48. The van der Waals surface area contributed by atoms with Gasteiger partial charge < -0.3 is 38.5 Å². The Hall–Kier alpha value is -3.89. The minimum absolute atomic E-state index is 0.102. The first-order valence-electron chi connectivity index (χ1n) is 15.8. The number of nitrogens with zero attached hydrogens (tertiary/aromatic N) is 9. The van der Waals surface area contributed by atoms with Gasteiger partial charge in [0.25, 0.3) is 0 Å². The summed E-state index contributed by atoms with van der Waals surface area (Å²) in [6, 6.07) is 10.7. The van der Waals surface area contributed by atoms with Gasteiger partial charge in [-0.2, -0.15) is 0 Å². The molecule has 2 fully saturated rings. The Morgan fingerprint density at radius 3 is 1.62 bits per heavy atom. The van der Waals surface area contributed by atoms with Gasteiger partial charge in [-0.05, 0) is 63.3 Å². The molecular formula is C32H40Cl2N14S2. The van der Waals surface area contributed by atoms with Crippen molar-refractivity contribution in [2.75, 3.05) is 53.2 Å². The minimum Gasteiger partial charge on any atom is -0.397 e. The number of halogens is 2. The average molecular weight is 756 g/mol. The van der Waals surface area contributed by atoms with Crippen molar-refractivity contribution in [3.8, 4) is 0 Å². The summed E-state index contributed by atoms with van der Waals surface area (Å²) in [5.74, 6) is 2.25. The van der Waals surface area contributed by atoms with Crippen LogP contribution in [0.25, 0.3) is 10.4 Å². The van der Waals surface area contributed by atoms with Gasteiger partial charge in [0.1, 0.15) is 21.7 Å². The number of hydrogen-bond donors (Lipinski definition) is 5. The molecule has 0 radical (unpaired) electrons. The molecule has 0 unspecified atom stereocenters. The predicted molar refractivity (Wildman–Crippen MR) is 205 cm³/mol. The first-order chi connectivity index (χ1) is 23.7. The first-order valence-corrected chi connectivity index (χ1v) is 18.2. The number of aromatic nitrogens is 4. The zero-order chi connectivity index (χ0) is 36.1. The molecule has 2 aliphatic heterocycles. The molecule has 0 aliphatic carbocycles. The second kappa shape index (κ2) is 16.0. The standard InChI is InChI=1S/C16H19ClN8S.C16H21ClN6S/c1-16(19)5-7-25(8-6-16)12-9-21-15(14(18)22-12)26-11-4-2-3-10(13(11)17)23-24-20;1-16(20)5-7-23(8-6-16)12-9-21-15(14(19)22-12)24-11-4-2-3-10(18)13(11)17/h2-4,9H,5-8,19H2,1H3,(H2,18,22);2-4,9H,5-8,18,20H2,1H3,(H2,19,22). The van der Waals surface area contributed by atoms with Gasteiger partial charge >= 0.3 is 0 Å². The van der Waals surface area contributed by atoms with Crippen molar-refractivity contribution < 1.29 is 0 Å². The number of nitrogens with two attached hydrogens (primary N) is 5. The molecule has 2 aromatic heterocycles. The van der Waals surface area contributed by atoms with Crippen molar-refractivity contribution in [2.24, 2.45) is 16.6 Å². The lowest BCUT2D eigenvalue weighted by atomic mass is 9.91. The van der Waals surface area contributed by atoms with E-state index in [1.807, 2.05) is 18.2 Å². The number of azide groups is 1. The van der Waals surface area contributed by atoms with Crippen LogP contribution in [0.4, 0.5) is 34.6 Å². The van der Waals surface area contributed by atoms with Gasteiger partial charge in [-0.15, -0.1) is 0 Å². The molecule has 2 saturated heterocycles. The van der Waals surface area contributed by atoms with E-state index in [0.717, 1.165) is 68.4 Å². The fraction of sp³-hybridized carbons (Fsp3) is 0.375. The van der Waals surface area contributed by atoms with E-state index in [1.54, 1.807) is 30.6 Å². The monoisotopic (exact) mass is 754 g/mol. The Morgan fingerprint density at radius 1 is 0.740 bits per heavy atom. The van der Waals surface area contributed by atoms with Crippen LogP contribution in [0.1, 0.15) is 39.5 Å². The van der Waals surface area contributed by atoms with Crippen molar-refractivity contribution in [2.45, 2.75) is 70.5 Å². The third kappa shape index (κ3) is 9.46. The molecule has 4 aromatic rings. The van der Waals surface area contributed by atoms with E-state index in [0.29, 0.717) is 48.0 Å². The molecule has 6 rings (SSSR count). The van der Waals surface area contributed by atoms with E-state index in [2.05, 4.69) is 53.6 Å². The van der Waals surface area contributed by atoms with Gasteiger partial charge in [0.15, 0.2) is 11.6 Å². The average Bonchev–Trinajstić information content (AvgIpc) is 3.07. The van der Waals surface area contributed by atoms with Gasteiger partial charge in [0, 0.05) is 52.0 Å². The summed E-state index contributed by atoms with van der Waals surface area (Å²) >= 11 is 15.1. The Balaban J connectivity index is 0.000000195. The van der Waals surface area contributed by atoms with E-state index in [4.69, 9.17) is 57.4 Å². The minimum atomic E-state index is -0.126. The van der Waals surface area contributed by atoms with Gasteiger partial charge in [0.2, 0.25) is 0 Å². The maximum atomic E-state index is 8.59. The number of rotatable bonds is 7. The molecule has 264 valence electrons. The third-order valence-corrected chi connectivity index (χ3v) is 11.6.